The van der Waals surface area contributed by atoms with Crippen LogP contribution in [0.3, 0.4) is 0 Å². The average molecular weight is 408 g/mol. The third kappa shape index (κ3) is 4.88. The van der Waals surface area contributed by atoms with Crippen molar-refractivity contribution in [1.29, 1.82) is 0 Å². The summed E-state index contributed by atoms with van der Waals surface area (Å²) in [5.74, 6) is 0.434. The quantitative estimate of drug-likeness (QED) is 0.724. The second kappa shape index (κ2) is 9.27. The number of amides is 2. The number of thioether (sulfide) groups is 1. The van der Waals surface area contributed by atoms with Gasteiger partial charge in [-0.05, 0) is 61.9 Å². The molecule has 0 saturated heterocycles. The van der Waals surface area contributed by atoms with Gasteiger partial charge in [-0.2, -0.15) is 0 Å². The molecule has 4 rings (SSSR count). The minimum Gasteiger partial charge on any atom is -0.352 e. The minimum absolute atomic E-state index is 0.0482. The van der Waals surface area contributed by atoms with Crippen molar-refractivity contribution in [2.75, 3.05) is 17.2 Å². The zero-order chi connectivity index (χ0) is 20.1. The summed E-state index contributed by atoms with van der Waals surface area (Å²) in [4.78, 5) is 30.9. The maximum absolute atomic E-state index is 12.4. The third-order valence-electron chi connectivity index (χ3n) is 5.35. The zero-order valence-electron chi connectivity index (χ0n) is 16.4. The molecule has 0 fully saturated rings. The molecule has 1 aliphatic carbocycles. The summed E-state index contributed by atoms with van der Waals surface area (Å²) in [6, 6.07) is 11.3. The monoisotopic (exact) mass is 407 g/mol. The second-order valence-corrected chi connectivity index (χ2v) is 8.37. The molecule has 0 bridgehead atoms. The van der Waals surface area contributed by atoms with Crippen LogP contribution in [0.15, 0.2) is 59.3 Å². The zero-order valence-corrected chi connectivity index (χ0v) is 17.2. The Bertz CT molecular complexity index is 924. The highest BCUT2D eigenvalue weighted by Crippen LogP contribution is 2.34. The molecule has 2 amide bonds. The number of benzene rings is 1. The molecule has 6 heteroatoms. The van der Waals surface area contributed by atoms with Crippen LogP contribution in [-0.2, 0) is 11.3 Å². The Morgan fingerprint density at radius 2 is 2.03 bits per heavy atom. The molecule has 0 unspecified atom stereocenters. The Morgan fingerprint density at radius 1 is 1.17 bits per heavy atom. The number of hydrogen-bond donors (Lipinski definition) is 1. The smallest absolute Gasteiger partial charge is 0.251 e. The number of allylic oxidation sites excluding steroid dienone is 1. The molecule has 0 saturated carbocycles. The molecule has 29 heavy (non-hydrogen) atoms. The summed E-state index contributed by atoms with van der Waals surface area (Å²) >= 11 is 1.48. The highest BCUT2D eigenvalue weighted by molar-refractivity contribution is 8.00. The van der Waals surface area contributed by atoms with Gasteiger partial charge in [0.25, 0.3) is 5.91 Å². The van der Waals surface area contributed by atoms with Gasteiger partial charge in [0.1, 0.15) is 5.03 Å². The van der Waals surface area contributed by atoms with Crippen LogP contribution in [0.5, 0.6) is 0 Å². The summed E-state index contributed by atoms with van der Waals surface area (Å²) in [5, 5.41) is 3.90. The molecule has 2 aliphatic rings. The molecule has 1 aliphatic heterocycles. The molecule has 5 nitrogen and oxygen atoms in total. The van der Waals surface area contributed by atoms with Crippen LogP contribution in [-0.4, -0.2) is 29.1 Å². The minimum atomic E-state index is -0.0482. The number of pyridine rings is 1. The Hall–Kier alpha value is -2.60. The van der Waals surface area contributed by atoms with E-state index in [0.717, 1.165) is 29.1 Å². The number of aromatic nitrogens is 1. The summed E-state index contributed by atoms with van der Waals surface area (Å²) in [5.41, 5.74) is 3.96. The van der Waals surface area contributed by atoms with Crippen molar-refractivity contribution in [2.24, 2.45) is 0 Å². The average Bonchev–Trinajstić information content (AvgIpc) is 2.77. The summed E-state index contributed by atoms with van der Waals surface area (Å²) in [6.07, 6.45) is 9.88. The Morgan fingerprint density at radius 3 is 2.83 bits per heavy atom. The number of carbonyl (C=O) groups excluding carboxylic acids is 2. The fourth-order valence-electron chi connectivity index (χ4n) is 3.73. The van der Waals surface area contributed by atoms with Crippen molar-refractivity contribution >= 4 is 29.3 Å². The van der Waals surface area contributed by atoms with Gasteiger partial charge >= 0.3 is 0 Å². The highest BCUT2D eigenvalue weighted by atomic mass is 32.2. The summed E-state index contributed by atoms with van der Waals surface area (Å²) in [6.45, 7) is 1.16. The van der Waals surface area contributed by atoms with Crippen LogP contribution in [0, 0.1) is 0 Å². The Balaban J connectivity index is 1.35. The van der Waals surface area contributed by atoms with Gasteiger partial charge < -0.3 is 10.2 Å². The molecule has 1 N–H and O–H groups in total. The molecule has 2 heterocycles. The van der Waals surface area contributed by atoms with Gasteiger partial charge in [0.05, 0.1) is 18.0 Å². The Kier molecular flexibility index (Phi) is 6.30. The second-order valence-electron chi connectivity index (χ2n) is 7.41. The van der Waals surface area contributed by atoms with E-state index in [1.165, 1.54) is 36.6 Å². The van der Waals surface area contributed by atoms with E-state index in [9.17, 15) is 9.59 Å². The first-order valence-electron chi connectivity index (χ1n) is 10.1. The molecule has 1 aromatic heterocycles. The van der Waals surface area contributed by atoms with E-state index in [0.29, 0.717) is 24.4 Å². The van der Waals surface area contributed by atoms with Crippen LogP contribution in [0.1, 0.15) is 48.0 Å². The molecule has 0 spiro atoms. The van der Waals surface area contributed by atoms with Crippen LogP contribution in [0.25, 0.3) is 0 Å². The van der Waals surface area contributed by atoms with Crippen molar-refractivity contribution < 1.29 is 9.59 Å². The van der Waals surface area contributed by atoms with Gasteiger partial charge in [-0.15, -0.1) is 0 Å². The Labute approximate surface area is 175 Å². The molecule has 0 atom stereocenters. The van der Waals surface area contributed by atoms with E-state index < -0.39 is 0 Å². The van der Waals surface area contributed by atoms with Crippen molar-refractivity contribution in [3.05, 3.63) is 65.4 Å². The predicted octanol–water partition coefficient (Wildman–Crippen LogP) is 4.34. The van der Waals surface area contributed by atoms with Crippen molar-refractivity contribution in [1.82, 2.24) is 10.3 Å². The lowest BCUT2D eigenvalue weighted by atomic mass is 9.97. The fraction of sp³-hybridized carbons (Fsp3) is 0.348. The van der Waals surface area contributed by atoms with E-state index in [1.807, 2.05) is 36.4 Å². The van der Waals surface area contributed by atoms with Gasteiger partial charge in [-0.25, -0.2) is 4.98 Å². The maximum atomic E-state index is 12.4. The molecular formula is C23H25N3O2S. The fourth-order valence-corrected chi connectivity index (χ4v) is 4.61. The van der Waals surface area contributed by atoms with E-state index in [1.54, 1.807) is 11.1 Å². The lowest BCUT2D eigenvalue weighted by Gasteiger charge is -2.28. The van der Waals surface area contributed by atoms with Gasteiger partial charge in [0, 0.05) is 18.3 Å². The SMILES string of the molecule is O=C(NCCC1=CCCCC1)c1ccc(CN2C(=O)CSc3ncccc32)cc1. The van der Waals surface area contributed by atoms with Crippen molar-refractivity contribution in [2.45, 2.75) is 43.7 Å². The number of nitrogens with zero attached hydrogens (tertiary/aromatic N) is 2. The normalized spacial score (nSPS) is 16.2. The van der Waals surface area contributed by atoms with Crippen LogP contribution in [0.4, 0.5) is 5.69 Å². The molecule has 1 aromatic carbocycles. The van der Waals surface area contributed by atoms with E-state index in [2.05, 4.69) is 16.4 Å². The number of fused-ring (bicyclic) bond motifs is 1. The maximum Gasteiger partial charge on any atom is 0.251 e. The first kappa shape index (κ1) is 19.7. The van der Waals surface area contributed by atoms with Crippen LogP contribution < -0.4 is 10.2 Å². The predicted molar refractivity (Wildman–Crippen MR) is 116 cm³/mol. The van der Waals surface area contributed by atoms with Gasteiger partial charge in [-0.3, -0.25) is 9.59 Å². The van der Waals surface area contributed by atoms with E-state index in [-0.39, 0.29) is 11.8 Å². The third-order valence-corrected chi connectivity index (χ3v) is 6.33. The van der Waals surface area contributed by atoms with Crippen molar-refractivity contribution in [3.8, 4) is 0 Å². The number of nitrogens with one attached hydrogen (secondary N) is 1. The number of rotatable bonds is 6. The van der Waals surface area contributed by atoms with Crippen molar-refractivity contribution in [3.63, 3.8) is 0 Å². The standard InChI is InChI=1S/C23H25N3O2S/c27-21-16-29-23-20(7-4-13-25-23)26(21)15-18-8-10-19(11-9-18)22(28)24-14-12-17-5-2-1-3-6-17/h4-5,7-11,13H,1-3,6,12,14-16H2,(H,24,28). The van der Waals surface area contributed by atoms with E-state index in [4.69, 9.17) is 0 Å². The summed E-state index contributed by atoms with van der Waals surface area (Å²) in [7, 11) is 0. The molecule has 0 radical (unpaired) electrons. The van der Waals surface area contributed by atoms with Crippen LogP contribution in [0.2, 0.25) is 0 Å². The summed E-state index contributed by atoms with van der Waals surface area (Å²) < 4.78 is 0. The molecule has 150 valence electrons. The first-order chi connectivity index (χ1) is 14.2. The van der Waals surface area contributed by atoms with Gasteiger partial charge in [0.15, 0.2) is 0 Å². The highest BCUT2D eigenvalue weighted by Gasteiger charge is 2.25. The van der Waals surface area contributed by atoms with E-state index >= 15 is 0 Å². The number of carbonyl (C=O) groups is 2. The lowest BCUT2D eigenvalue weighted by Crippen LogP contribution is -2.35. The van der Waals surface area contributed by atoms with Crippen LogP contribution >= 0.6 is 11.8 Å². The number of hydrogen-bond acceptors (Lipinski definition) is 4. The topological polar surface area (TPSA) is 62.3 Å². The van der Waals surface area contributed by atoms with Gasteiger partial charge in [0.2, 0.25) is 5.91 Å². The van der Waals surface area contributed by atoms with Gasteiger partial charge in [-0.1, -0.05) is 35.5 Å². The number of anilines is 1. The largest absolute Gasteiger partial charge is 0.352 e. The molecule has 2 aromatic rings. The lowest BCUT2D eigenvalue weighted by molar-refractivity contribution is -0.116. The first-order valence-corrected chi connectivity index (χ1v) is 11.1. The molecular weight excluding hydrogens is 382 g/mol.